The van der Waals surface area contributed by atoms with Crippen LogP contribution in [0.15, 0.2) is 30.3 Å². The van der Waals surface area contributed by atoms with Gasteiger partial charge in [0.05, 0.1) is 0 Å². The largest absolute Gasteiger partial charge is 0.372 e. The van der Waals surface area contributed by atoms with Crippen LogP contribution >= 0.6 is 0 Å². The van der Waals surface area contributed by atoms with Crippen LogP contribution in [0.25, 0.3) is 0 Å². The quantitative estimate of drug-likeness (QED) is 0.798. The summed E-state index contributed by atoms with van der Waals surface area (Å²) in [4.78, 5) is 28.1. The summed E-state index contributed by atoms with van der Waals surface area (Å²) in [6, 6.07) is 9.59. The summed E-state index contributed by atoms with van der Waals surface area (Å²) < 4.78 is 5.99. The van der Waals surface area contributed by atoms with Crippen LogP contribution in [-0.4, -0.2) is 50.0 Å². The zero-order valence-electron chi connectivity index (χ0n) is 14.8. The third-order valence-electron chi connectivity index (χ3n) is 5.80. The average Bonchev–Trinajstić information content (AvgIpc) is 2.68. The van der Waals surface area contributed by atoms with Crippen molar-refractivity contribution >= 4 is 11.8 Å². The van der Waals surface area contributed by atoms with E-state index in [2.05, 4.69) is 5.32 Å². The Kier molecular flexibility index (Phi) is 5.11. The molecule has 136 valence electrons. The molecular weight excluding hydrogens is 318 g/mol. The first kappa shape index (κ1) is 17.9. The molecule has 2 amide bonds. The van der Waals surface area contributed by atoms with Gasteiger partial charge in [-0.2, -0.15) is 0 Å². The zero-order valence-corrected chi connectivity index (χ0v) is 14.8. The maximum atomic E-state index is 13.6. The molecule has 0 aromatic heterocycles. The third kappa shape index (κ3) is 2.73. The van der Waals surface area contributed by atoms with Gasteiger partial charge < -0.3 is 20.7 Å². The summed E-state index contributed by atoms with van der Waals surface area (Å²) in [5.74, 6) is -0.770. The number of amides is 2. The van der Waals surface area contributed by atoms with Gasteiger partial charge in [0.1, 0.15) is 5.60 Å². The molecule has 0 radical (unpaired) electrons. The lowest BCUT2D eigenvalue weighted by Crippen LogP contribution is -2.65. The van der Waals surface area contributed by atoms with Gasteiger partial charge in [0.15, 0.2) is 5.41 Å². The molecule has 1 saturated heterocycles. The maximum absolute atomic E-state index is 13.6. The van der Waals surface area contributed by atoms with Crippen LogP contribution in [0.5, 0.6) is 0 Å². The van der Waals surface area contributed by atoms with Crippen molar-refractivity contribution in [2.45, 2.75) is 31.3 Å². The van der Waals surface area contributed by atoms with Gasteiger partial charge in [0, 0.05) is 33.3 Å². The van der Waals surface area contributed by atoms with E-state index in [0.29, 0.717) is 25.9 Å². The number of carbonyl (C=O) groups excluding carboxylic acids is 2. The van der Waals surface area contributed by atoms with Crippen molar-refractivity contribution in [3.05, 3.63) is 35.9 Å². The van der Waals surface area contributed by atoms with E-state index >= 15 is 0 Å². The lowest BCUT2D eigenvalue weighted by atomic mass is 9.58. The SMILES string of the molecule is COC1(c2ccccc2)CCCCC1(C(N)=O)C(=O)N1CCNCC1. The number of ether oxygens (including phenoxy) is 1. The van der Waals surface area contributed by atoms with E-state index in [1.54, 1.807) is 12.0 Å². The third-order valence-corrected chi connectivity index (χ3v) is 5.80. The fourth-order valence-electron chi connectivity index (χ4n) is 4.52. The van der Waals surface area contributed by atoms with E-state index in [1.165, 1.54) is 0 Å². The van der Waals surface area contributed by atoms with Gasteiger partial charge in [0.25, 0.3) is 0 Å². The number of piperazine rings is 1. The highest BCUT2D eigenvalue weighted by Gasteiger charge is 2.64. The molecule has 3 rings (SSSR count). The molecule has 1 saturated carbocycles. The summed E-state index contributed by atoms with van der Waals surface area (Å²) in [6.45, 7) is 2.63. The standard InChI is InChI=1S/C19H27N3O3/c1-25-19(15-7-3-2-4-8-15)10-6-5-9-18(19,16(20)23)17(24)22-13-11-21-12-14-22/h2-4,7-8,21H,5-6,9-14H2,1H3,(H2,20,23). The molecular formula is C19H27N3O3. The first-order chi connectivity index (χ1) is 12.1. The van der Waals surface area contributed by atoms with E-state index < -0.39 is 16.9 Å². The Labute approximate surface area is 148 Å². The monoisotopic (exact) mass is 345 g/mol. The van der Waals surface area contributed by atoms with Gasteiger partial charge >= 0.3 is 0 Å². The lowest BCUT2D eigenvalue weighted by Gasteiger charge is -2.51. The highest BCUT2D eigenvalue weighted by atomic mass is 16.5. The summed E-state index contributed by atoms with van der Waals surface area (Å²) in [7, 11) is 1.58. The van der Waals surface area contributed by atoms with E-state index in [1.807, 2.05) is 30.3 Å². The van der Waals surface area contributed by atoms with Crippen LogP contribution in [0.1, 0.15) is 31.2 Å². The number of hydrogen-bond donors (Lipinski definition) is 2. The second-order valence-corrected chi connectivity index (χ2v) is 6.92. The van der Waals surface area contributed by atoms with Gasteiger partial charge in [-0.1, -0.05) is 43.2 Å². The van der Waals surface area contributed by atoms with E-state index in [-0.39, 0.29) is 5.91 Å². The Morgan fingerprint density at radius 3 is 2.36 bits per heavy atom. The van der Waals surface area contributed by atoms with Crippen LogP contribution in [0, 0.1) is 5.41 Å². The number of nitrogens with one attached hydrogen (secondary N) is 1. The van der Waals surface area contributed by atoms with E-state index in [4.69, 9.17) is 10.5 Å². The molecule has 3 N–H and O–H groups in total. The van der Waals surface area contributed by atoms with Crippen LogP contribution in [0.2, 0.25) is 0 Å². The zero-order chi connectivity index (χ0) is 17.9. The first-order valence-corrected chi connectivity index (χ1v) is 8.99. The molecule has 6 nitrogen and oxygen atoms in total. The van der Waals surface area contributed by atoms with Crippen molar-refractivity contribution in [1.29, 1.82) is 0 Å². The molecule has 1 aromatic carbocycles. The minimum absolute atomic E-state index is 0.188. The van der Waals surface area contributed by atoms with Crippen LogP contribution in [0.4, 0.5) is 0 Å². The van der Waals surface area contributed by atoms with Crippen molar-refractivity contribution in [2.24, 2.45) is 11.1 Å². The molecule has 2 aliphatic rings. The lowest BCUT2D eigenvalue weighted by molar-refractivity contribution is -0.187. The Balaban J connectivity index is 2.13. The van der Waals surface area contributed by atoms with Crippen LogP contribution in [-0.2, 0) is 19.9 Å². The Morgan fingerprint density at radius 1 is 1.12 bits per heavy atom. The minimum Gasteiger partial charge on any atom is -0.372 e. The molecule has 1 aromatic rings. The Hall–Kier alpha value is -1.92. The minimum atomic E-state index is -1.36. The number of rotatable bonds is 4. The molecule has 1 aliphatic heterocycles. The molecule has 2 atom stereocenters. The molecule has 1 aliphatic carbocycles. The van der Waals surface area contributed by atoms with Gasteiger partial charge in [-0.3, -0.25) is 9.59 Å². The second-order valence-electron chi connectivity index (χ2n) is 6.92. The van der Waals surface area contributed by atoms with Gasteiger partial charge in [0.2, 0.25) is 11.8 Å². The van der Waals surface area contributed by atoms with Gasteiger partial charge in [-0.15, -0.1) is 0 Å². The van der Waals surface area contributed by atoms with Gasteiger partial charge in [-0.05, 0) is 18.4 Å². The Morgan fingerprint density at radius 2 is 1.76 bits per heavy atom. The topological polar surface area (TPSA) is 84.7 Å². The highest BCUT2D eigenvalue weighted by Crippen LogP contribution is 2.53. The summed E-state index contributed by atoms with van der Waals surface area (Å²) in [6.07, 6.45) is 2.72. The number of primary amides is 1. The smallest absolute Gasteiger partial charge is 0.241 e. The van der Waals surface area contributed by atoms with Crippen molar-refractivity contribution in [1.82, 2.24) is 10.2 Å². The molecule has 2 fully saturated rings. The Bertz CT molecular complexity index is 630. The summed E-state index contributed by atoms with van der Waals surface area (Å²) in [5.41, 5.74) is 4.39. The molecule has 0 bridgehead atoms. The summed E-state index contributed by atoms with van der Waals surface area (Å²) >= 11 is 0. The number of benzene rings is 1. The van der Waals surface area contributed by atoms with Crippen molar-refractivity contribution in [3.8, 4) is 0 Å². The van der Waals surface area contributed by atoms with Crippen LogP contribution < -0.4 is 11.1 Å². The molecule has 2 unspecified atom stereocenters. The molecule has 6 heteroatoms. The number of nitrogens with zero attached hydrogens (tertiary/aromatic N) is 1. The van der Waals surface area contributed by atoms with E-state index in [0.717, 1.165) is 31.5 Å². The van der Waals surface area contributed by atoms with E-state index in [9.17, 15) is 9.59 Å². The predicted molar refractivity (Wildman–Crippen MR) is 94.7 cm³/mol. The number of carbonyl (C=O) groups is 2. The fourth-order valence-corrected chi connectivity index (χ4v) is 4.52. The van der Waals surface area contributed by atoms with Crippen molar-refractivity contribution in [2.75, 3.05) is 33.3 Å². The normalized spacial score (nSPS) is 30.0. The van der Waals surface area contributed by atoms with Crippen molar-refractivity contribution < 1.29 is 14.3 Å². The first-order valence-electron chi connectivity index (χ1n) is 8.99. The molecule has 25 heavy (non-hydrogen) atoms. The number of nitrogens with two attached hydrogens (primary N) is 1. The predicted octanol–water partition coefficient (Wildman–Crippen LogP) is 1.01. The molecule has 1 heterocycles. The maximum Gasteiger partial charge on any atom is 0.241 e. The second kappa shape index (κ2) is 7.14. The highest BCUT2D eigenvalue weighted by molar-refractivity contribution is 6.06. The fraction of sp³-hybridized carbons (Fsp3) is 0.579. The molecule has 0 spiro atoms. The van der Waals surface area contributed by atoms with Crippen molar-refractivity contribution in [3.63, 3.8) is 0 Å². The summed E-state index contributed by atoms with van der Waals surface area (Å²) in [5, 5.41) is 3.24. The average molecular weight is 345 g/mol. The van der Waals surface area contributed by atoms with Gasteiger partial charge in [-0.25, -0.2) is 0 Å². The number of hydrogen-bond acceptors (Lipinski definition) is 4. The van der Waals surface area contributed by atoms with Crippen LogP contribution in [0.3, 0.4) is 0 Å². The number of methoxy groups -OCH3 is 1.